The molecule has 0 N–H and O–H groups in total. The molecule has 2 nitrogen and oxygen atoms in total. The van der Waals surface area contributed by atoms with Gasteiger partial charge in [-0.05, 0) is 6.92 Å². The lowest BCUT2D eigenvalue weighted by Crippen LogP contribution is -2.22. The van der Waals surface area contributed by atoms with Gasteiger partial charge in [0.1, 0.15) is 5.71 Å². The summed E-state index contributed by atoms with van der Waals surface area (Å²) >= 11 is 0. The van der Waals surface area contributed by atoms with Crippen molar-refractivity contribution in [3.63, 3.8) is 0 Å². The highest BCUT2D eigenvalue weighted by molar-refractivity contribution is 5.86. The Labute approximate surface area is 57.3 Å². The third-order valence-corrected chi connectivity index (χ3v) is 0.760. The van der Waals surface area contributed by atoms with Gasteiger partial charge in [0.15, 0.2) is 0 Å². The highest BCUT2D eigenvalue weighted by atomic mass is 19.4. The Hall–Kier alpha value is -0.740. The van der Waals surface area contributed by atoms with Crippen LogP contribution in [0.15, 0.2) is 5.10 Å². The zero-order valence-electron chi connectivity index (χ0n) is 6.03. The Morgan fingerprint density at radius 1 is 1.30 bits per heavy atom. The molecule has 0 aromatic heterocycles. The van der Waals surface area contributed by atoms with E-state index in [1.165, 1.54) is 14.1 Å². The Kier molecular flexibility index (Phi) is 2.68. The molecule has 0 aliphatic rings. The minimum atomic E-state index is -4.30. The van der Waals surface area contributed by atoms with Crippen LogP contribution in [-0.4, -0.2) is 31.0 Å². The van der Waals surface area contributed by atoms with Gasteiger partial charge in [-0.1, -0.05) is 0 Å². The summed E-state index contributed by atoms with van der Waals surface area (Å²) < 4.78 is 35.0. The lowest BCUT2D eigenvalue weighted by Gasteiger charge is -2.09. The number of hydrogen-bond acceptors (Lipinski definition) is 2. The van der Waals surface area contributed by atoms with Gasteiger partial charge in [-0.3, -0.25) is 0 Å². The van der Waals surface area contributed by atoms with E-state index in [0.717, 1.165) is 11.9 Å². The van der Waals surface area contributed by atoms with Crippen LogP contribution in [0.3, 0.4) is 0 Å². The standard InChI is InChI=1S/C5H9F3N2/c1-4(5(6,7)8)9-10(2)3/h1-3H3/b9-4-. The molecule has 0 aromatic carbocycles. The van der Waals surface area contributed by atoms with E-state index in [0.29, 0.717) is 0 Å². The average Bonchev–Trinajstić information content (AvgIpc) is 1.60. The molecule has 0 saturated heterocycles. The summed E-state index contributed by atoms with van der Waals surface area (Å²) in [5.41, 5.74) is -0.836. The molecule has 5 heteroatoms. The van der Waals surface area contributed by atoms with E-state index in [2.05, 4.69) is 5.10 Å². The van der Waals surface area contributed by atoms with Crippen LogP contribution in [0.2, 0.25) is 0 Å². The van der Waals surface area contributed by atoms with Crippen LogP contribution >= 0.6 is 0 Å². The van der Waals surface area contributed by atoms with Crippen LogP contribution in [0.25, 0.3) is 0 Å². The smallest absolute Gasteiger partial charge is 0.303 e. The first-order valence-corrected chi connectivity index (χ1v) is 2.63. The summed E-state index contributed by atoms with van der Waals surface area (Å²) in [7, 11) is 2.88. The van der Waals surface area contributed by atoms with Crippen molar-refractivity contribution in [2.24, 2.45) is 5.10 Å². The van der Waals surface area contributed by atoms with Crippen molar-refractivity contribution >= 4 is 5.71 Å². The number of hydrogen-bond donors (Lipinski definition) is 0. The predicted octanol–water partition coefficient (Wildman–Crippen LogP) is 1.49. The lowest BCUT2D eigenvalue weighted by molar-refractivity contribution is -0.0603. The van der Waals surface area contributed by atoms with Gasteiger partial charge in [0.2, 0.25) is 0 Å². The van der Waals surface area contributed by atoms with Crippen LogP contribution in [0.4, 0.5) is 13.2 Å². The van der Waals surface area contributed by atoms with Crippen LogP contribution in [-0.2, 0) is 0 Å². The van der Waals surface area contributed by atoms with E-state index >= 15 is 0 Å². The normalized spacial score (nSPS) is 13.6. The maximum atomic E-state index is 11.7. The fourth-order valence-corrected chi connectivity index (χ4v) is 0.357. The molecule has 0 saturated carbocycles. The van der Waals surface area contributed by atoms with E-state index < -0.39 is 11.9 Å². The molecule has 10 heavy (non-hydrogen) atoms. The Morgan fingerprint density at radius 3 is 1.80 bits per heavy atom. The summed E-state index contributed by atoms with van der Waals surface area (Å²) in [6, 6.07) is 0. The van der Waals surface area contributed by atoms with Crippen molar-refractivity contribution in [2.75, 3.05) is 14.1 Å². The van der Waals surface area contributed by atoms with E-state index in [1.807, 2.05) is 0 Å². The van der Waals surface area contributed by atoms with Gasteiger partial charge in [0.25, 0.3) is 0 Å². The second-order valence-electron chi connectivity index (χ2n) is 2.03. The first kappa shape index (κ1) is 9.26. The van der Waals surface area contributed by atoms with Crippen molar-refractivity contribution in [3.8, 4) is 0 Å². The molecule has 0 rings (SSSR count). The van der Waals surface area contributed by atoms with Crippen LogP contribution in [0.5, 0.6) is 0 Å². The second-order valence-corrected chi connectivity index (χ2v) is 2.03. The highest BCUT2D eigenvalue weighted by Crippen LogP contribution is 2.16. The SMILES string of the molecule is C/C(=N/N(C)C)C(F)(F)F. The molecule has 0 heterocycles. The van der Waals surface area contributed by atoms with Gasteiger partial charge in [-0.15, -0.1) is 0 Å². The third kappa shape index (κ3) is 3.32. The first-order chi connectivity index (χ1) is 4.34. The quantitative estimate of drug-likeness (QED) is 0.412. The maximum absolute atomic E-state index is 11.7. The van der Waals surface area contributed by atoms with E-state index in [4.69, 9.17) is 0 Å². The van der Waals surface area contributed by atoms with Crippen LogP contribution in [0, 0.1) is 0 Å². The van der Waals surface area contributed by atoms with Crippen molar-refractivity contribution in [2.45, 2.75) is 13.1 Å². The molecule has 0 spiro atoms. The average molecular weight is 154 g/mol. The molecule has 0 aromatic rings. The van der Waals surface area contributed by atoms with E-state index in [1.54, 1.807) is 0 Å². The summed E-state index contributed by atoms with van der Waals surface area (Å²) in [6.45, 7) is 0.931. The number of halogens is 3. The lowest BCUT2D eigenvalue weighted by atomic mass is 10.4. The van der Waals surface area contributed by atoms with Gasteiger partial charge >= 0.3 is 6.18 Å². The van der Waals surface area contributed by atoms with Gasteiger partial charge in [0.05, 0.1) is 0 Å². The summed E-state index contributed by atoms with van der Waals surface area (Å²) in [5, 5.41) is 4.29. The molecule has 60 valence electrons. The molecule has 0 atom stereocenters. The highest BCUT2D eigenvalue weighted by Gasteiger charge is 2.32. The van der Waals surface area contributed by atoms with Crippen LogP contribution in [0.1, 0.15) is 6.92 Å². The van der Waals surface area contributed by atoms with Crippen molar-refractivity contribution < 1.29 is 13.2 Å². The second kappa shape index (κ2) is 2.90. The first-order valence-electron chi connectivity index (χ1n) is 2.63. The molecule has 0 aliphatic carbocycles. The summed E-state index contributed by atoms with van der Waals surface area (Å²) in [5.74, 6) is 0. The zero-order chi connectivity index (χ0) is 8.36. The van der Waals surface area contributed by atoms with Gasteiger partial charge in [-0.2, -0.15) is 18.3 Å². The minimum Gasteiger partial charge on any atom is -0.303 e. The number of nitrogens with zero attached hydrogens (tertiary/aromatic N) is 2. The van der Waals surface area contributed by atoms with Gasteiger partial charge in [-0.25, -0.2) is 0 Å². The van der Waals surface area contributed by atoms with E-state index in [-0.39, 0.29) is 0 Å². The maximum Gasteiger partial charge on any atom is 0.430 e. The van der Waals surface area contributed by atoms with Crippen LogP contribution < -0.4 is 0 Å². The molecular weight excluding hydrogens is 145 g/mol. The molecule has 0 amide bonds. The third-order valence-electron chi connectivity index (χ3n) is 0.760. The van der Waals surface area contributed by atoms with Crippen molar-refractivity contribution in [3.05, 3.63) is 0 Å². The molecular formula is C5H9F3N2. The minimum absolute atomic E-state index is 0.836. The summed E-state index contributed by atoms with van der Waals surface area (Å²) in [4.78, 5) is 0. The number of hydrazone groups is 1. The molecule has 0 radical (unpaired) electrons. The number of rotatable bonds is 1. The van der Waals surface area contributed by atoms with E-state index in [9.17, 15) is 13.2 Å². The molecule has 0 aliphatic heterocycles. The Morgan fingerprint density at radius 2 is 1.70 bits per heavy atom. The fourth-order valence-electron chi connectivity index (χ4n) is 0.357. The Bertz CT molecular complexity index is 136. The monoisotopic (exact) mass is 154 g/mol. The summed E-state index contributed by atoms with van der Waals surface area (Å²) in [6.07, 6.45) is -4.30. The fraction of sp³-hybridized carbons (Fsp3) is 0.800. The van der Waals surface area contributed by atoms with Gasteiger partial charge < -0.3 is 5.01 Å². The Balaban J connectivity index is 4.20. The molecule has 0 fully saturated rings. The zero-order valence-corrected chi connectivity index (χ0v) is 6.03. The largest absolute Gasteiger partial charge is 0.430 e. The van der Waals surface area contributed by atoms with Crippen molar-refractivity contribution in [1.29, 1.82) is 0 Å². The predicted molar refractivity (Wildman–Crippen MR) is 32.9 cm³/mol. The topological polar surface area (TPSA) is 15.6 Å². The van der Waals surface area contributed by atoms with Gasteiger partial charge in [0, 0.05) is 14.1 Å². The van der Waals surface area contributed by atoms with Crippen molar-refractivity contribution in [1.82, 2.24) is 5.01 Å². The number of alkyl halides is 3. The molecule has 0 bridgehead atoms. The molecule has 0 unspecified atom stereocenters.